The molecule has 4 atom stereocenters. The van der Waals surface area contributed by atoms with E-state index in [9.17, 15) is 0 Å². The molecule has 0 saturated heterocycles. The number of benzene rings is 5. The van der Waals surface area contributed by atoms with E-state index in [4.69, 9.17) is 9.47 Å². The zero-order valence-corrected chi connectivity index (χ0v) is 25.6. The summed E-state index contributed by atoms with van der Waals surface area (Å²) >= 11 is 0. The highest BCUT2D eigenvalue weighted by molar-refractivity contribution is 5.52. The zero-order chi connectivity index (χ0) is 29.9. The Morgan fingerprint density at radius 3 is 1.39 bits per heavy atom. The second-order valence-corrected chi connectivity index (χ2v) is 12.2. The number of hydrogen-bond donors (Lipinski definition) is 0. The Hall–Kier alpha value is -4.70. The van der Waals surface area contributed by atoms with Crippen LogP contribution in [0.3, 0.4) is 0 Å². The van der Waals surface area contributed by atoms with Gasteiger partial charge in [-0.05, 0) is 59.4 Å². The first-order valence-electron chi connectivity index (χ1n) is 15.8. The molecule has 0 saturated carbocycles. The van der Waals surface area contributed by atoms with Gasteiger partial charge in [0.1, 0.15) is 11.5 Å². The van der Waals surface area contributed by atoms with Crippen molar-refractivity contribution in [3.05, 3.63) is 156 Å². The van der Waals surface area contributed by atoms with E-state index in [-0.39, 0.29) is 12.5 Å². The highest BCUT2D eigenvalue weighted by atomic mass is 16.5. The van der Waals surface area contributed by atoms with E-state index >= 15 is 0 Å². The first-order chi connectivity index (χ1) is 21.6. The van der Waals surface area contributed by atoms with Gasteiger partial charge in [-0.15, -0.1) is 0 Å². The molecule has 0 aromatic heterocycles. The van der Waals surface area contributed by atoms with Crippen molar-refractivity contribution in [1.29, 1.82) is 0 Å². The van der Waals surface area contributed by atoms with Crippen LogP contribution in [0.1, 0.15) is 60.8 Å². The third kappa shape index (κ3) is 5.90. The van der Waals surface area contributed by atoms with Crippen molar-refractivity contribution in [1.82, 2.24) is 0 Å². The molecule has 0 amide bonds. The molecule has 2 aliphatic rings. The van der Waals surface area contributed by atoms with Crippen LogP contribution in [0.2, 0.25) is 0 Å². The van der Waals surface area contributed by atoms with Gasteiger partial charge in [0.15, 0.2) is 12.5 Å². The number of nitrogens with zero attached hydrogens (tertiary/aromatic N) is 2. The van der Waals surface area contributed by atoms with E-state index < -0.39 is 0 Å². The van der Waals surface area contributed by atoms with Gasteiger partial charge >= 0.3 is 0 Å². The summed E-state index contributed by atoms with van der Waals surface area (Å²) < 4.78 is 13.3. The van der Waals surface area contributed by atoms with Crippen LogP contribution in [0.15, 0.2) is 133 Å². The average Bonchev–Trinajstić information content (AvgIpc) is 3.08. The maximum atomic E-state index is 6.66. The Morgan fingerprint density at radius 1 is 0.523 bits per heavy atom. The number of anilines is 2. The summed E-state index contributed by atoms with van der Waals surface area (Å²) in [5.74, 6) is 2.64. The van der Waals surface area contributed by atoms with Crippen LogP contribution in [-0.4, -0.2) is 12.5 Å². The number of para-hydroxylation sites is 4. The molecule has 5 aromatic rings. The first-order valence-corrected chi connectivity index (χ1v) is 15.8. The number of rotatable bonds is 8. The van der Waals surface area contributed by atoms with Gasteiger partial charge in [-0.2, -0.15) is 0 Å². The van der Waals surface area contributed by atoms with Crippen molar-refractivity contribution in [2.75, 3.05) is 9.80 Å². The van der Waals surface area contributed by atoms with Crippen LogP contribution >= 0.6 is 0 Å². The van der Waals surface area contributed by atoms with Crippen molar-refractivity contribution in [3.63, 3.8) is 0 Å². The molecule has 4 unspecified atom stereocenters. The van der Waals surface area contributed by atoms with E-state index in [0.717, 1.165) is 37.4 Å². The highest BCUT2D eigenvalue weighted by Gasteiger charge is 2.31. The Bertz CT molecular complexity index is 1570. The Morgan fingerprint density at radius 2 is 0.932 bits per heavy atom. The second kappa shape index (κ2) is 12.5. The first kappa shape index (κ1) is 28.1. The lowest BCUT2D eigenvalue weighted by atomic mass is 9.89. The Labute approximate surface area is 261 Å². The molecule has 7 rings (SSSR count). The van der Waals surface area contributed by atoms with Gasteiger partial charge in [-0.1, -0.05) is 111 Å². The van der Waals surface area contributed by atoms with Crippen molar-refractivity contribution >= 4 is 11.4 Å². The van der Waals surface area contributed by atoms with Gasteiger partial charge < -0.3 is 19.3 Å². The molecule has 0 spiro atoms. The fourth-order valence-corrected chi connectivity index (χ4v) is 6.64. The fourth-order valence-electron chi connectivity index (χ4n) is 6.64. The van der Waals surface area contributed by atoms with Crippen molar-refractivity contribution in [3.8, 4) is 11.5 Å². The maximum Gasteiger partial charge on any atom is 0.173 e. The molecule has 0 radical (unpaired) electrons. The Kier molecular flexibility index (Phi) is 7.98. The topological polar surface area (TPSA) is 24.9 Å². The normalized spacial score (nSPS) is 18.8. The number of hydrogen-bond acceptors (Lipinski definition) is 4. The third-order valence-corrected chi connectivity index (χ3v) is 9.18. The lowest BCUT2D eigenvalue weighted by Crippen LogP contribution is -2.43. The van der Waals surface area contributed by atoms with Crippen LogP contribution in [0.5, 0.6) is 11.5 Å². The average molecular weight is 581 g/mol. The van der Waals surface area contributed by atoms with E-state index in [0.29, 0.717) is 11.8 Å². The molecule has 4 heteroatoms. The van der Waals surface area contributed by atoms with Gasteiger partial charge in [0.05, 0.1) is 13.1 Å². The number of fused-ring (bicyclic) bond motifs is 2. The monoisotopic (exact) mass is 580 g/mol. The van der Waals surface area contributed by atoms with Gasteiger partial charge in [-0.25, -0.2) is 0 Å². The quantitative estimate of drug-likeness (QED) is 0.182. The van der Waals surface area contributed by atoms with Crippen LogP contribution in [0.4, 0.5) is 11.4 Å². The molecule has 2 aliphatic heterocycles. The molecule has 222 valence electrons. The van der Waals surface area contributed by atoms with Crippen molar-refractivity contribution < 1.29 is 9.47 Å². The molecule has 0 aliphatic carbocycles. The van der Waals surface area contributed by atoms with E-state index in [1.165, 1.54) is 33.6 Å². The third-order valence-electron chi connectivity index (χ3n) is 9.18. The predicted molar refractivity (Wildman–Crippen MR) is 179 cm³/mol. The van der Waals surface area contributed by atoms with Crippen molar-refractivity contribution in [2.24, 2.45) is 0 Å². The molecule has 0 bridgehead atoms. The molecule has 2 heterocycles. The molecular formula is C40H40N2O2. The van der Waals surface area contributed by atoms with E-state index in [2.05, 4.69) is 157 Å². The predicted octanol–water partition coefficient (Wildman–Crippen LogP) is 9.52. The van der Waals surface area contributed by atoms with E-state index in [1.807, 2.05) is 0 Å². The summed E-state index contributed by atoms with van der Waals surface area (Å²) in [5, 5.41) is 0. The standard InChI is InChI=1S/C40H40N2O2/c1-29(24-39-41(35-18-5-3-6-19-35)27-33-14-9-11-22-37(33)43-39)31-16-13-17-32(26-31)30(2)25-40-42(36-20-7-4-8-21-36)28-34-15-10-12-23-38(34)44-40/h3-23,26,29-30,39-40H,24-25,27-28H2,1-2H3. The molecule has 0 N–H and O–H groups in total. The zero-order valence-electron chi connectivity index (χ0n) is 25.6. The minimum absolute atomic E-state index is 0.0430. The lowest BCUT2D eigenvalue weighted by Gasteiger charge is -2.40. The fraction of sp³-hybridized carbons (Fsp3) is 0.250. The van der Waals surface area contributed by atoms with Crippen LogP contribution in [0, 0.1) is 0 Å². The van der Waals surface area contributed by atoms with Gasteiger partial charge in [0.25, 0.3) is 0 Å². The molecule has 4 nitrogen and oxygen atoms in total. The molecule has 5 aromatic carbocycles. The summed E-state index contributed by atoms with van der Waals surface area (Å²) in [5.41, 5.74) is 7.54. The minimum Gasteiger partial charge on any atom is -0.470 e. The van der Waals surface area contributed by atoms with Crippen LogP contribution in [0.25, 0.3) is 0 Å². The SMILES string of the molecule is CC(CC1Oc2ccccc2CN1c1ccccc1)c1cccc(C(C)CC2Oc3ccccc3CN2c2ccccc2)c1. The second-order valence-electron chi connectivity index (χ2n) is 12.2. The number of ether oxygens (including phenoxy) is 2. The summed E-state index contributed by atoms with van der Waals surface area (Å²) in [6, 6.07) is 47.3. The summed E-state index contributed by atoms with van der Waals surface area (Å²) in [6.07, 6.45) is 1.70. The summed E-state index contributed by atoms with van der Waals surface area (Å²) in [4.78, 5) is 4.81. The van der Waals surface area contributed by atoms with Crippen LogP contribution in [-0.2, 0) is 13.1 Å². The summed E-state index contributed by atoms with van der Waals surface area (Å²) in [7, 11) is 0. The smallest absolute Gasteiger partial charge is 0.173 e. The Balaban J connectivity index is 1.10. The molecule has 0 fully saturated rings. The van der Waals surface area contributed by atoms with Gasteiger partial charge in [-0.3, -0.25) is 0 Å². The maximum absolute atomic E-state index is 6.66. The minimum atomic E-state index is -0.0430. The van der Waals surface area contributed by atoms with Crippen molar-refractivity contribution in [2.45, 2.75) is 64.1 Å². The van der Waals surface area contributed by atoms with Gasteiger partial charge in [0.2, 0.25) is 0 Å². The highest BCUT2D eigenvalue weighted by Crippen LogP contribution is 2.38. The van der Waals surface area contributed by atoms with E-state index in [1.54, 1.807) is 0 Å². The largest absolute Gasteiger partial charge is 0.470 e. The molecule has 44 heavy (non-hydrogen) atoms. The van der Waals surface area contributed by atoms with Crippen LogP contribution < -0.4 is 19.3 Å². The lowest BCUT2D eigenvalue weighted by molar-refractivity contribution is 0.158. The van der Waals surface area contributed by atoms with Gasteiger partial charge in [0, 0.05) is 35.3 Å². The summed E-state index contributed by atoms with van der Waals surface area (Å²) in [6.45, 7) is 6.35. The molecular weight excluding hydrogens is 540 g/mol.